The Morgan fingerprint density at radius 2 is 2.07 bits per heavy atom. The lowest BCUT2D eigenvalue weighted by Crippen LogP contribution is -2.13. The zero-order chi connectivity index (χ0) is 18.8. The van der Waals surface area contributed by atoms with Gasteiger partial charge >= 0.3 is 5.97 Å². The maximum Gasteiger partial charge on any atom is 0.306 e. The highest BCUT2D eigenvalue weighted by Gasteiger charge is 2.20. The summed E-state index contributed by atoms with van der Waals surface area (Å²) in [6, 6.07) is 12.4. The first-order valence-electron chi connectivity index (χ1n) is 9.47. The summed E-state index contributed by atoms with van der Waals surface area (Å²) >= 11 is 1.49. The van der Waals surface area contributed by atoms with Crippen molar-refractivity contribution in [1.29, 1.82) is 0 Å². The fourth-order valence-electron chi connectivity index (χ4n) is 3.70. The standard InChI is InChI=1S/C22H23NO3S/c1-14(22(24)25)10-15-6-8-20(26-18-4-2-3-5-18)19(11-15)16-7-9-21-17(12-16)13-23-27-21/h6-9,11-14,18H,2-5,10H2,1H3,(H,24,25). The van der Waals surface area contributed by atoms with Crippen LogP contribution in [0, 0.1) is 5.92 Å². The first kappa shape index (κ1) is 18.0. The molecule has 1 aromatic heterocycles. The predicted octanol–water partition coefficient (Wildman–Crippen LogP) is 5.55. The number of hydrogen-bond donors (Lipinski definition) is 1. The molecule has 0 radical (unpaired) electrons. The van der Waals surface area contributed by atoms with Crippen molar-refractivity contribution in [2.45, 2.75) is 45.1 Å². The molecule has 0 amide bonds. The molecule has 1 unspecified atom stereocenters. The zero-order valence-corrected chi connectivity index (χ0v) is 16.2. The van der Waals surface area contributed by atoms with Crippen molar-refractivity contribution in [2.75, 3.05) is 0 Å². The molecule has 1 N–H and O–H groups in total. The van der Waals surface area contributed by atoms with Gasteiger partial charge in [0.25, 0.3) is 0 Å². The number of carbonyl (C=O) groups is 1. The first-order valence-corrected chi connectivity index (χ1v) is 10.2. The Kier molecular flexibility index (Phi) is 5.12. The Labute approximate surface area is 163 Å². The number of carboxylic acids is 1. The maximum absolute atomic E-state index is 11.2. The van der Waals surface area contributed by atoms with Gasteiger partial charge in [-0.25, -0.2) is 0 Å². The second-order valence-corrected chi connectivity index (χ2v) is 8.21. The average Bonchev–Trinajstić information content (AvgIpc) is 3.33. The van der Waals surface area contributed by atoms with E-state index in [1.165, 1.54) is 24.4 Å². The van der Waals surface area contributed by atoms with Crippen molar-refractivity contribution in [1.82, 2.24) is 4.37 Å². The van der Waals surface area contributed by atoms with Crippen molar-refractivity contribution in [3.63, 3.8) is 0 Å². The van der Waals surface area contributed by atoms with Crippen molar-refractivity contribution in [3.8, 4) is 16.9 Å². The summed E-state index contributed by atoms with van der Waals surface area (Å²) in [4.78, 5) is 11.2. The summed E-state index contributed by atoms with van der Waals surface area (Å²) in [7, 11) is 0. The van der Waals surface area contributed by atoms with Crippen LogP contribution in [0.5, 0.6) is 5.75 Å². The molecule has 1 atom stereocenters. The minimum atomic E-state index is -0.770. The van der Waals surface area contributed by atoms with Crippen LogP contribution in [0.3, 0.4) is 0 Å². The van der Waals surface area contributed by atoms with Crippen LogP contribution in [0.1, 0.15) is 38.2 Å². The molecular formula is C22H23NO3S. The van der Waals surface area contributed by atoms with E-state index in [1.54, 1.807) is 6.92 Å². The number of aromatic nitrogens is 1. The third-order valence-corrected chi connectivity index (χ3v) is 6.05. The van der Waals surface area contributed by atoms with Gasteiger partial charge in [0.05, 0.1) is 16.7 Å². The van der Waals surface area contributed by atoms with E-state index in [-0.39, 0.29) is 6.10 Å². The lowest BCUT2D eigenvalue weighted by molar-refractivity contribution is -0.141. The second kappa shape index (κ2) is 7.69. The van der Waals surface area contributed by atoms with Crippen LogP contribution in [-0.4, -0.2) is 21.6 Å². The van der Waals surface area contributed by atoms with E-state index >= 15 is 0 Å². The van der Waals surface area contributed by atoms with E-state index in [1.807, 2.05) is 18.3 Å². The highest BCUT2D eigenvalue weighted by atomic mass is 32.1. The lowest BCUT2D eigenvalue weighted by atomic mass is 9.96. The lowest BCUT2D eigenvalue weighted by Gasteiger charge is -2.18. The van der Waals surface area contributed by atoms with Crippen LogP contribution in [-0.2, 0) is 11.2 Å². The summed E-state index contributed by atoms with van der Waals surface area (Å²) in [5, 5.41) is 10.4. The van der Waals surface area contributed by atoms with Crippen molar-refractivity contribution in [3.05, 3.63) is 48.2 Å². The SMILES string of the molecule is CC(Cc1ccc(OC2CCCC2)c(-c2ccc3sncc3c2)c1)C(=O)O. The van der Waals surface area contributed by atoms with Gasteiger partial charge in [-0.05, 0) is 79.0 Å². The van der Waals surface area contributed by atoms with Gasteiger partial charge in [-0.1, -0.05) is 19.1 Å². The minimum absolute atomic E-state index is 0.277. The van der Waals surface area contributed by atoms with Crippen molar-refractivity contribution < 1.29 is 14.6 Å². The van der Waals surface area contributed by atoms with Crippen LogP contribution in [0.15, 0.2) is 42.6 Å². The topological polar surface area (TPSA) is 59.4 Å². The molecule has 1 aliphatic rings. The van der Waals surface area contributed by atoms with E-state index in [0.29, 0.717) is 6.42 Å². The molecule has 1 heterocycles. The van der Waals surface area contributed by atoms with E-state index in [2.05, 4.69) is 28.6 Å². The van der Waals surface area contributed by atoms with Gasteiger partial charge in [0.1, 0.15) is 5.75 Å². The molecule has 0 aliphatic heterocycles. The van der Waals surface area contributed by atoms with Crippen LogP contribution < -0.4 is 4.74 Å². The fraction of sp³-hybridized carbons (Fsp3) is 0.364. The van der Waals surface area contributed by atoms with E-state index in [9.17, 15) is 9.90 Å². The van der Waals surface area contributed by atoms with Crippen LogP contribution >= 0.6 is 11.5 Å². The Morgan fingerprint density at radius 1 is 1.26 bits per heavy atom. The van der Waals surface area contributed by atoms with Crippen LogP contribution in [0.25, 0.3) is 21.2 Å². The van der Waals surface area contributed by atoms with Gasteiger partial charge in [0.15, 0.2) is 0 Å². The van der Waals surface area contributed by atoms with Gasteiger partial charge in [0, 0.05) is 17.1 Å². The second-order valence-electron chi connectivity index (χ2n) is 7.38. The number of benzene rings is 2. The molecule has 27 heavy (non-hydrogen) atoms. The molecule has 4 rings (SSSR count). The largest absolute Gasteiger partial charge is 0.490 e. The third-order valence-electron chi connectivity index (χ3n) is 5.27. The molecular weight excluding hydrogens is 358 g/mol. The van der Waals surface area contributed by atoms with Gasteiger partial charge < -0.3 is 9.84 Å². The van der Waals surface area contributed by atoms with Gasteiger partial charge in [-0.15, -0.1) is 0 Å². The minimum Gasteiger partial charge on any atom is -0.490 e. The number of hydrogen-bond acceptors (Lipinski definition) is 4. The van der Waals surface area contributed by atoms with Crippen LogP contribution in [0.2, 0.25) is 0 Å². The molecule has 0 saturated heterocycles. The Balaban J connectivity index is 1.72. The number of nitrogens with zero attached hydrogens (tertiary/aromatic N) is 1. The number of fused-ring (bicyclic) bond motifs is 1. The summed E-state index contributed by atoms with van der Waals surface area (Å²) in [5.74, 6) is -0.298. The smallest absolute Gasteiger partial charge is 0.306 e. The molecule has 5 heteroatoms. The number of aliphatic carboxylic acids is 1. The fourth-order valence-corrected chi connectivity index (χ4v) is 4.32. The molecule has 3 aromatic rings. The maximum atomic E-state index is 11.2. The average molecular weight is 381 g/mol. The number of ether oxygens (including phenoxy) is 1. The Morgan fingerprint density at radius 3 is 2.85 bits per heavy atom. The number of rotatable bonds is 6. The summed E-state index contributed by atoms with van der Waals surface area (Å²) in [6.07, 6.45) is 7.32. The summed E-state index contributed by atoms with van der Waals surface area (Å²) in [5.41, 5.74) is 3.13. The highest BCUT2D eigenvalue weighted by molar-refractivity contribution is 7.13. The molecule has 1 fully saturated rings. The molecule has 4 nitrogen and oxygen atoms in total. The molecule has 1 aliphatic carbocycles. The van der Waals surface area contributed by atoms with E-state index in [4.69, 9.17) is 4.74 Å². The van der Waals surface area contributed by atoms with E-state index < -0.39 is 11.9 Å². The molecule has 1 saturated carbocycles. The van der Waals surface area contributed by atoms with Gasteiger partial charge in [0.2, 0.25) is 0 Å². The summed E-state index contributed by atoms with van der Waals surface area (Å²) < 4.78 is 11.8. The van der Waals surface area contributed by atoms with Crippen molar-refractivity contribution >= 4 is 27.6 Å². The molecule has 140 valence electrons. The van der Waals surface area contributed by atoms with Gasteiger partial charge in [-0.2, -0.15) is 4.37 Å². The predicted molar refractivity (Wildman–Crippen MR) is 108 cm³/mol. The Hall–Kier alpha value is -2.40. The summed E-state index contributed by atoms with van der Waals surface area (Å²) in [6.45, 7) is 1.74. The monoisotopic (exact) mass is 381 g/mol. The molecule has 2 aromatic carbocycles. The highest BCUT2D eigenvalue weighted by Crippen LogP contribution is 2.36. The van der Waals surface area contributed by atoms with Crippen LogP contribution in [0.4, 0.5) is 0 Å². The number of carboxylic acid groups (broad SMARTS) is 1. The van der Waals surface area contributed by atoms with Crippen molar-refractivity contribution in [2.24, 2.45) is 5.92 Å². The third kappa shape index (κ3) is 3.98. The zero-order valence-electron chi connectivity index (χ0n) is 15.4. The quantitative estimate of drug-likeness (QED) is 0.608. The normalized spacial score (nSPS) is 15.9. The Bertz CT molecular complexity index is 959. The van der Waals surface area contributed by atoms with E-state index in [0.717, 1.165) is 45.4 Å². The molecule has 0 spiro atoms. The first-order chi connectivity index (χ1) is 13.1. The molecule has 0 bridgehead atoms. The van der Waals surface area contributed by atoms with Gasteiger partial charge in [-0.3, -0.25) is 4.79 Å².